The summed E-state index contributed by atoms with van der Waals surface area (Å²) < 4.78 is 0. The first kappa shape index (κ1) is 7.25. The highest BCUT2D eigenvalue weighted by Gasteiger charge is 2.29. The van der Waals surface area contributed by atoms with E-state index in [9.17, 15) is 0 Å². The zero-order valence-electron chi connectivity index (χ0n) is 6.45. The van der Waals surface area contributed by atoms with E-state index in [4.69, 9.17) is 5.11 Å². The van der Waals surface area contributed by atoms with Crippen LogP contribution in [0.3, 0.4) is 0 Å². The molecule has 1 fully saturated rings. The summed E-state index contributed by atoms with van der Waals surface area (Å²) in [5, 5.41) is 12.3. The molecule has 0 aromatic carbocycles. The first-order chi connectivity index (χ1) is 5.25. The van der Waals surface area contributed by atoms with Crippen molar-refractivity contribution in [3.05, 3.63) is 16.1 Å². The topological polar surface area (TPSA) is 33.1 Å². The van der Waals surface area contributed by atoms with Gasteiger partial charge in [0, 0.05) is 11.3 Å². The highest BCUT2D eigenvalue weighted by atomic mass is 32.1. The number of rotatable bonds is 1. The lowest BCUT2D eigenvalue weighted by Gasteiger charge is -2.29. The van der Waals surface area contributed by atoms with E-state index >= 15 is 0 Å². The van der Waals surface area contributed by atoms with Crippen LogP contribution in [-0.2, 0) is 0 Å². The molecule has 0 radical (unpaired) electrons. The van der Waals surface area contributed by atoms with Gasteiger partial charge in [-0.2, -0.15) is 0 Å². The molecule has 1 N–H and O–H groups in total. The van der Waals surface area contributed by atoms with Gasteiger partial charge in [-0.3, -0.25) is 0 Å². The monoisotopic (exact) mass is 169 g/mol. The van der Waals surface area contributed by atoms with Gasteiger partial charge in [0.05, 0.1) is 16.8 Å². The Labute approximate surface area is 69.9 Å². The smallest absolute Gasteiger partial charge is 0.0897 e. The number of aromatic nitrogens is 1. The number of aryl methyl sites for hydroxylation is 1. The Bertz CT molecular complexity index is 252. The van der Waals surface area contributed by atoms with Crippen LogP contribution in [0, 0.1) is 6.92 Å². The second-order valence-corrected chi connectivity index (χ2v) is 4.18. The molecule has 0 amide bonds. The van der Waals surface area contributed by atoms with Gasteiger partial charge in [-0.1, -0.05) is 0 Å². The third-order valence-corrected chi connectivity index (χ3v) is 2.96. The van der Waals surface area contributed by atoms with Crippen LogP contribution in [-0.4, -0.2) is 16.2 Å². The third-order valence-electron chi connectivity index (χ3n) is 2.17. The fourth-order valence-electron chi connectivity index (χ4n) is 1.40. The number of hydrogen-bond acceptors (Lipinski definition) is 3. The van der Waals surface area contributed by atoms with Crippen LogP contribution in [0.25, 0.3) is 0 Å². The average molecular weight is 169 g/mol. The summed E-state index contributed by atoms with van der Waals surface area (Å²) in [7, 11) is 0. The molecule has 0 bridgehead atoms. The lowest BCUT2D eigenvalue weighted by atomic mass is 9.81. The van der Waals surface area contributed by atoms with Crippen molar-refractivity contribution in [1.82, 2.24) is 4.98 Å². The van der Waals surface area contributed by atoms with Gasteiger partial charge in [-0.05, 0) is 19.8 Å². The molecule has 1 aromatic rings. The molecule has 0 saturated heterocycles. The van der Waals surface area contributed by atoms with Crippen molar-refractivity contribution in [3.63, 3.8) is 0 Å². The van der Waals surface area contributed by atoms with Gasteiger partial charge in [0.25, 0.3) is 0 Å². The number of nitrogens with zero attached hydrogens (tertiary/aromatic N) is 1. The Morgan fingerprint density at radius 3 is 2.82 bits per heavy atom. The summed E-state index contributed by atoms with van der Waals surface area (Å²) in [5.74, 6) is 0.537. The van der Waals surface area contributed by atoms with Crippen LogP contribution in [0.15, 0.2) is 5.38 Å². The standard InChI is InChI=1S/C8H11NOS/c1-5-9-8(4-11-5)6-2-7(10)3-6/h4,6-7,10H,2-3H2,1H3. The number of aliphatic hydroxyl groups excluding tert-OH is 1. The molecule has 11 heavy (non-hydrogen) atoms. The van der Waals surface area contributed by atoms with Crippen LogP contribution < -0.4 is 0 Å². The molecule has 2 rings (SSSR count). The minimum atomic E-state index is -0.0676. The van der Waals surface area contributed by atoms with Crippen molar-refractivity contribution >= 4 is 11.3 Å². The first-order valence-electron chi connectivity index (χ1n) is 3.86. The van der Waals surface area contributed by atoms with E-state index in [1.54, 1.807) is 11.3 Å². The van der Waals surface area contributed by atoms with Crippen LogP contribution in [0.4, 0.5) is 0 Å². The van der Waals surface area contributed by atoms with Crippen molar-refractivity contribution in [2.45, 2.75) is 31.8 Å². The van der Waals surface area contributed by atoms with E-state index in [-0.39, 0.29) is 6.10 Å². The van der Waals surface area contributed by atoms with Crippen LogP contribution in [0.2, 0.25) is 0 Å². The van der Waals surface area contributed by atoms with Crippen molar-refractivity contribution < 1.29 is 5.11 Å². The maximum absolute atomic E-state index is 9.06. The second-order valence-electron chi connectivity index (χ2n) is 3.11. The van der Waals surface area contributed by atoms with Crippen molar-refractivity contribution in [1.29, 1.82) is 0 Å². The Balaban J connectivity index is 2.07. The molecule has 1 heterocycles. The maximum atomic E-state index is 9.06. The van der Waals surface area contributed by atoms with Gasteiger partial charge in [-0.15, -0.1) is 11.3 Å². The van der Waals surface area contributed by atoms with E-state index in [1.165, 1.54) is 5.69 Å². The molecular weight excluding hydrogens is 158 g/mol. The Morgan fingerprint density at radius 2 is 2.36 bits per heavy atom. The van der Waals surface area contributed by atoms with Gasteiger partial charge in [0.15, 0.2) is 0 Å². The molecule has 0 atom stereocenters. The van der Waals surface area contributed by atoms with E-state index < -0.39 is 0 Å². The van der Waals surface area contributed by atoms with Gasteiger partial charge in [0.1, 0.15) is 0 Å². The molecular formula is C8H11NOS. The summed E-state index contributed by atoms with van der Waals surface area (Å²) in [5.41, 5.74) is 1.18. The predicted molar refractivity (Wildman–Crippen MR) is 44.8 cm³/mol. The molecule has 0 spiro atoms. The van der Waals surface area contributed by atoms with E-state index in [0.29, 0.717) is 5.92 Å². The van der Waals surface area contributed by atoms with Crippen LogP contribution in [0.1, 0.15) is 29.5 Å². The van der Waals surface area contributed by atoms with Crippen LogP contribution >= 0.6 is 11.3 Å². The Hall–Kier alpha value is -0.410. The Kier molecular flexibility index (Phi) is 1.69. The summed E-state index contributed by atoms with van der Waals surface area (Å²) in [6.07, 6.45) is 1.74. The number of aliphatic hydroxyl groups is 1. The predicted octanol–water partition coefficient (Wildman–Crippen LogP) is 1.69. The molecule has 1 aliphatic carbocycles. The molecule has 0 unspecified atom stereocenters. The van der Waals surface area contributed by atoms with E-state index in [2.05, 4.69) is 10.4 Å². The summed E-state index contributed by atoms with van der Waals surface area (Å²) in [6.45, 7) is 2.02. The summed E-state index contributed by atoms with van der Waals surface area (Å²) in [4.78, 5) is 4.37. The van der Waals surface area contributed by atoms with E-state index in [0.717, 1.165) is 17.8 Å². The minimum Gasteiger partial charge on any atom is -0.393 e. The molecule has 1 aromatic heterocycles. The van der Waals surface area contributed by atoms with E-state index in [1.807, 2.05) is 6.92 Å². The lowest BCUT2D eigenvalue weighted by Crippen LogP contribution is -2.26. The molecule has 3 heteroatoms. The molecule has 1 saturated carbocycles. The van der Waals surface area contributed by atoms with Crippen molar-refractivity contribution in [2.24, 2.45) is 0 Å². The number of thiazole rings is 1. The van der Waals surface area contributed by atoms with Gasteiger partial charge in [-0.25, -0.2) is 4.98 Å². The SMILES string of the molecule is Cc1nc(C2CC(O)C2)cs1. The van der Waals surface area contributed by atoms with Gasteiger partial charge >= 0.3 is 0 Å². The summed E-state index contributed by atoms with van der Waals surface area (Å²) in [6, 6.07) is 0. The van der Waals surface area contributed by atoms with Gasteiger partial charge < -0.3 is 5.11 Å². The van der Waals surface area contributed by atoms with Crippen molar-refractivity contribution in [2.75, 3.05) is 0 Å². The zero-order valence-corrected chi connectivity index (χ0v) is 7.27. The highest BCUT2D eigenvalue weighted by Crippen LogP contribution is 2.36. The molecule has 60 valence electrons. The minimum absolute atomic E-state index is 0.0676. The van der Waals surface area contributed by atoms with Crippen molar-refractivity contribution in [3.8, 4) is 0 Å². The fraction of sp³-hybridized carbons (Fsp3) is 0.625. The second kappa shape index (κ2) is 2.57. The highest BCUT2D eigenvalue weighted by molar-refractivity contribution is 7.09. The largest absolute Gasteiger partial charge is 0.393 e. The quantitative estimate of drug-likeness (QED) is 0.694. The third kappa shape index (κ3) is 1.30. The number of hydrogen-bond donors (Lipinski definition) is 1. The zero-order chi connectivity index (χ0) is 7.84. The van der Waals surface area contributed by atoms with Gasteiger partial charge in [0.2, 0.25) is 0 Å². The van der Waals surface area contributed by atoms with Crippen LogP contribution in [0.5, 0.6) is 0 Å². The normalized spacial score (nSPS) is 30.0. The Morgan fingerprint density at radius 1 is 1.64 bits per heavy atom. The first-order valence-corrected chi connectivity index (χ1v) is 4.74. The molecule has 1 aliphatic rings. The maximum Gasteiger partial charge on any atom is 0.0897 e. The fourth-order valence-corrected chi connectivity index (χ4v) is 2.09. The molecule has 0 aliphatic heterocycles. The lowest BCUT2D eigenvalue weighted by molar-refractivity contribution is 0.0734. The summed E-state index contributed by atoms with van der Waals surface area (Å²) >= 11 is 1.69. The molecule has 2 nitrogen and oxygen atoms in total. The average Bonchev–Trinajstić information content (AvgIpc) is 2.29.